The number of nitrogens with zero attached hydrogens (tertiary/aromatic N) is 1. The summed E-state index contributed by atoms with van der Waals surface area (Å²) in [6, 6.07) is 25.4. The maximum Gasteiger partial charge on any atom is 0.258 e. The van der Waals surface area contributed by atoms with Crippen molar-refractivity contribution >= 4 is 28.9 Å². The molecule has 3 aromatic carbocycles. The van der Waals surface area contributed by atoms with Crippen molar-refractivity contribution in [2.75, 3.05) is 10.2 Å². The van der Waals surface area contributed by atoms with Crippen LogP contribution in [-0.4, -0.2) is 11.9 Å². The highest BCUT2D eigenvalue weighted by Gasteiger charge is 2.33. The first-order valence-electron chi connectivity index (χ1n) is 9.13. The fourth-order valence-electron chi connectivity index (χ4n) is 3.71. The van der Waals surface area contributed by atoms with Crippen molar-refractivity contribution in [3.05, 3.63) is 95.0 Å². The fraction of sp³-hybridized carbons (Fsp3) is 0.174. The first kappa shape index (κ1) is 17.6. The van der Waals surface area contributed by atoms with Crippen molar-refractivity contribution in [2.24, 2.45) is 0 Å². The van der Waals surface area contributed by atoms with Crippen LogP contribution in [0.1, 0.15) is 35.3 Å². The van der Waals surface area contributed by atoms with Gasteiger partial charge in [-0.3, -0.25) is 4.79 Å². The summed E-state index contributed by atoms with van der Waals surface area (Å²) in [6.45, 7) is 2.15. The molecule has 1 aliphatic heterocycles. The predicted octanol–water partition coefficient (Wildman–Crippen LogP) is 5.93. The van der Waals surface area contributed by atoms with Gasteiger partial charge in [-0.25, -0.2) is 0 Å². The van der Waals surface area contributed by atoms with E-state index in [0.29, 0.717) is 10.6 Å². The van der Waals surface area contributed by atoms with Crippen molar-refractivity contribution in [3.63, 3.8) is 0 Å². The summed E-state index contributed by atoms with van der Waals surface area (Å²) in [6.07, 6.45) is 0.839. The van der Waals surface area contributed by atoms with Crippen LogP contribution in [0.25, 0.3) is 0 Å². The van der Waals surface area contributed by atoms with E-state index in [2.05, 4.69) is 24.4 Å². The van der Waals surface area contributed by atoms with Gasteiger partial charge in [-0.05, 0) is 61.4 Å². The molecule has 136 valence electrons. The number of nitrogens with one attached hydrogen (secondary N) is 1. The van der Waals surface area contributed by atoms with Gasteiger partial charge in [0, 0.05) is 28.0 Å². The topological polar surface area (TPSA) is 32.3 Å². The number of hydrogen-bond donors (Lipinski definition) is 1. The number of rotatable bonds is 3. The molecule has 0 fully saturated rings. The largest absolute Gasteiger partial charge is 0.382 e. The lowest BCUT2D eigenvalue weighted by molar-refractivity contribution is 0.0974. The van der Waals surface area contributed by atoms with Gasteiger partial charge in [0.2, 0.25) is 0 Å². The molecule has 0 unspecified atom stereocenters. The Morgan fingerprint density at radius 3 is 2.37 bits per heavy atom. The van der Waals surface area contributed by atoms with Gasteiger partial charge < -0.3 is 10.2 Å². The zero-order valence-corrected chi connectivity index (χ0v) is 15.9. The van der Waals surface area contributed by atoms with E-state index in [9.17, 15) is 4.79 Å². The van der Waals surface area contributed by atoms with Crippen molar-refractivity contribution in [1.82, 2.24) is 0 Å². The molecule has 0 aromatic heterocycles. The monoisotopic (exact) mass is 376 g/mol. The second kappa shape index (κ2) is 7.45. The molecule has 4 rings (SSSR count). The summed E-state index contributed by atoms with van der Waals surface area (Å²) in [5, 5.41) is 4.15. The number of fused-ring (bicyclic) bond motifs is 1. The number of halogens is 1. The van der Waals surface area contributed by atoms with Crippen molar-refractivity contribution in [1.29, 1.82) is 0 Å². The van der Waals surface area contributed by atoms with E-state index in [4.69, 9.17) is 11.6 Å². The van der Waals surface area contributed by atoms with E-state index < -0.39 is 0 Å². The average Bonchev–Trinajstić information content (AvgIpc) is 2.69. The first-order chi connectivity index (χ1) is 13.1. The fourth-order valence-corrected chi connectivity index (χ4v) is 3.83. The molecule has 0 saturated carbocycles. The van der Waals surface area contributed by atoms with E-state index in [0.717, 1.165) is 23.4 Å². The molecule has 1 amide bonds. The summed E-state index contributed by atoms with van der Waals surface area (Å²) in [7, 11) is 0. The number of para-hydroxylation sites is 2. The number of carbonyl (C=O) groups is 1. The molecule has 1 N–H and O–H groups in total. The Morgan fingerprint density at radius 1 is 0.963 bits per heavy atom. The van der Waals surface area contributed by atoms with Gasteiger partial charge in [0.05, 0.1) is 6.04 Å². The van der Waals surface area contributed by atoms with Crippen molar-refractivity contribution in [2.45, 2.75) is 25.4 Å². The second-order valence-corrected chi connectivity index (χ2v) is 7.34. The Kier molecular flexibility index (Phi) is 4.87. The molecule has 3 aromatic rings. The Morgan fingerprint density at radius 2 is 1.63 bits per heavy atom. The third kappa shape index (κ3) is 3.56. The van der Waals surface area contributed by atoms with Crippen molar-refractivity contribution < 1.29 is 4.79 Å². The molecule has 0 saturated heterocycles. The number of carbonyl (C=O) groups excluding carboxylic acids is 1. The van der Waals surface area contributed by atoms with Gasteiger partial charge in [0.1, 0.15) is 0 Å². The minimum Gasteiger partial charge on any atom is -0.382 e. The van der Waals surface area contributed by atoms with Crippen molar-refractivity contribution in [3.8, 4) is 0 Å². The SMILES string of the molecule is C[C@@H]1C[C@@H](N(C(=O)c2ccc(Cl)cc2)c2ccccc2)c2ccccc2N1. The number of anilines is 2. The molecule has 2 atom stereocenters. The molecule has 0 bridgehead atoms. The van der Waals surface area contributed by atoms with E-state index in [-0.39, 0.29) is 18.0 Å². The Bertz CT molecular complexity index is 940. The highest BCUT2D eigenvalue weighted by atomic mass is 35.5. The number of hydrogen-bond acceptors (Lipinski definition) is 2. The van der Waals surface area contributed by atoms with Crippen LogP contribution in [-0.2, 0) is 0 Å². The molecule has 0 spiro atoms. The molecule has 0 aliphatic carbocycles. The highest BCUT2D eigenvalue weighted by molar-refractivity contribution is 6.30. The Labute approximate surface area is 164 Å². The molecular formula is C23H21ClN2O. The summed E-state index contributed by atoms with van der Waals surface area (Å²) < 4.78 is 0. The van der Waals surface area contributed by atoms with E-state index >= 15 is 0 Å². The molecule has 27 heavy (non-hydrogen) atoms. The zero-order chi connectivity index (χ0) is 18.8. The molecule has 1 aliphatic rings. The average molecular weight is 377 g/mol. The molecule has 0 radical (unpaired) electrons. The standard InChI is InChI=1S/C23H21ClN2O/c1-16-15-22(20-9-5-6-10-21(20)25-16)26(19-7-3-2-4-8-19)23(27)17-11-13-18(24)14-12-17/h2-14,16,22,25H,15H2,1H3/t16-,22-/m1/s1. The third-order valence-corrected chi connectivity index (χ3v) is 5.21. The van der Waals surface area contributed by atoms with Crippen LogP contribution in [0, 0.1) is 0 Å². The summed E-state index contributed by atoms with van der Waals surface area (Å²) in [5.74, 6) is -0.0215. The van der Waals surface area contributed by atoms with Crippen LogP contribution in [0.5, 0.6) is 0 Å². The number of amides is 1. The minimum atomic E-state index is -0.0389. The predicted molar refractivity (Wildman–Crippen MR) is 112 cm³/mol. The lowest BCUT2D eigenvalue weighted by atomic mass is 9.91. The summed E-state index contributed by atoms with van der Waals surface area (Å²) >= 11 is 6.01. The van der Waals surface area contributed by atoms with Crippen LogP contribution in [0.2, 0.25) is 5.02 Å². The highest BCUT2D eigenvalue weighted by Crippen LogP contribution is 2.39. The maximum atomic E-state index is 13.5. The third-order valence-electron chi connectivity index (χ3n) is 4.95. The van der Waals surface area contributed by atoms with Gasteiger partial charge in [-0.2, -0.15) is 0 Å². The van der Waals surface area contributed by atoms with Crippen LogP contribution >= 0.6 is 11.6 Å². The molecule has 3 nitrogen and oxygen atoms in total. The quantitative estimate of drug-likeness (QED) is 0.614. The second-order valence-electron chi connectivity index (χ2n) is 6.90. The zero-order valence-electron chi connectivity index (χ0n) is 15.1. The first-order valence-corrected chi connectivity index (χ1v) is 9.51. The maximum absolute atomic E-state index is 13.5. The lowest BCUT2D eigenvalue weighted by Gasteiger charge is -2.39. The summed E-state index contributed by atoms with van der Waals surface area (Å²) in [5.41, 5.74) is 3.76. The smallest absolute Gasteiger partial charge is 0.258 e. The van der Waals surface area contributed by atoms with Crippen LogP contribution < -0.4 is 10.2 Å². The van der Waals surface area contributed by atoms with Gasteiger partial charge in [-0.15, -0.1) is 0 Å². The molecule has 4 heteroatoms. The van der Waals surface area contributed by atoms with E-state index in [1.165, 1.54) is 0 Å². The Hall–Kier alpha value is -2.78. The van der Waals surface area contributed by atoms with Crippen LogP contribution in [0.3, 0.4) is 0 Å². The van der Waals surface area contributed by atoms with Gasteiger partial charge in [0.25, 0.3) is 5.91 Å². The Balaban J connectivity index is 1.82. The minimum absolute atomic E-state index is 0.0215. The van der Waals surface area contributed by atoms with Crippen LogP contribution in [0.15, 0.2) is 78.9 Å². The van der Waals surface area contributed by atoms with E-state index in [1.807, 2.05) is 47.4 Å². The van der Waals surface area contributed by atoms with E-state index in [1.54, 1.807) is 24.3 Å². The van der Waals surface area contributed by atoms with Gasteiger partial charge in [0.15, 0.2) is 0 Å². The van der Waals surface area contributed by atoms with Crippen LogP contribution in [0.4, 0.5) is 11.4 Å². The lowest BCUT2D eigenvalue weighted by Crippen LogP contribution is -2.40. The number of benzene rings is 3. The molecule has 1 heterocycles. The normalized spacial score (nSPS) is 18.3. The summed E-state index contributed by atoms with van der Waals surface area (Å²) in [4.78, 5) is 15.5. The molecular weight excluding hydrogens is 356 g/mol. The van der Waals surface area contributed by atoms with Gasteiger partial charge in [-0.1, -0.05) is 48.0 Å². The van der Waals surface area contributed by atoms with Gasteiger partial charge >= 0.3 is 0 Å².